The van der Waals surface area contributed by atoms with E-state index in [0.29, 0.717) is 6.61 Å². The average molecular weight is 373 g/mol. The Hall–Kier alpha value is -1.53. The SMILES string of the molecule is CCOC(=O)CC(B1OC(C)(C)C(C)(C)O1)c1ccccc1N1CCCC1. The number of hydrogen-bond donors (Lipinski definition) is 0. The number of carbonyl (C=O) groups excluding carboxylic acids is 1. The van der Waals surface area contributed by atoms with Gasteiger partial charge in [-0.1, -0.05) is 18.2 Å². The number of rotatable bonds is 6. The van der Waals surface area contributed by atoms with Crippen LogP contribution in [0.25, 0.3) is 0 Å². The monoisotopic (exact) mass is 373 g/mol. The Morgan fingerprint density at radius 3 is 2.33 bits per heavy atom. The molecule has 0 saturated carbocycles. The van der Waals surface area contributed by atoms with Crippen molar-refractivity contribution in [2.45, 2.75) is 70.9 Å². The topological polar surface area (TPSA) is 48.0 Å². The van der Waals surface area contributed by atoms with Gasteiger partial charge in [-0.05, 0) is 59.1 Å². The lowest BCUT2D eigenvalue weighted by Gasteiger charge is -2.32. The Balaban J connectivity index is 1.95. The van der Waals surface area contributed by atoms with E-state index in [0.717, 1.165) is 18.7 Å². The van der Waals surface area contributed by atoms with Gasteiger partial charge in [-0.3, -0.25) is 4.79 Å². The predicted molar refractivity (Wildman–Crippen MR) is 108 cm³/mol. The maximum atomic E-state index is 12.4. The van der Waals surface area contributed by atoms with Gasteiger partial charge in [0.05, 0.1) is 24.2 Å². The average Bonchev–Trinajstić information content (AvgIpc) is 3.19. The fourth-order valence-corrected chi connectivity index (χ4v) is 3.85. The molecule has 0 N–H and O–H groups in total. The van der Waals surface area contributed by atoms with E-state index >= 15 is 0 Å². The van der Waals surface area contributed by atoms with E-state index in [1.54, 1.807) is 0 Å². The van der Waals surface area contributed by atoms with Crippen LogP contribution in [-0.2, 0) is 18.8 Å². The van der Waals surface area contributed by atoms with Crippen LogP contribution >= 0.6 is 0 Å². The molecule has 6 heteroatoms. The molecular formula is C21H32BNO4. The van der Waals surface area contributed by atoms with E-state index in [1.807, 2.05) is 40.7 Å². The van der Waals surface area contributed by atoms with Crippen LogP contribution in [-0.4, -0.2) is 44.0 Å². The molecule has 1 unspecified atom stereocenters. The lowest BCUT2D eigenvalue weighted by atomic mass is 9.65. The Morgan fingerprint density at radius 1 is 1.15 bits per heavy atom. The van der Waals surface area contributed by atoms with E-state index < -0.39 is 18.3 Å². The van der Waals surface area contributed by atoms with E-state index in [1.165, 1.54) is 18.5 Å². The number of hydrogen-bond acceptors (Lipinski definition) is 5. The molecular weight excluding hydrogens is 341 g/mol. The van der Waals surface area contributed by atoms with Gasteiger partial charge in [0.2, 0.25) is 0 Å². The van der Waals surface area contributed by atoms with Crippen molar-refractivity contribution in [1.82, 2.24) is 0 Å². The van der Waals surface area contributed by atoms with Crippen molar-refractivity contribution in [3.63, 3.8) is 0 Å². The summed E-state index contributed by atoms with van der Waals surface area (Å²) in [6.45, 7) is 12.5. The van der Waals surface area contributed by atoms with Crippen molar-refractivity contribution < 1.29 is 18.8 Å². The molecule has 0 bridgehead atoms. The Kier molecular flexibility index (Phi) is 5.87. The second-order valence-corrected chi connectivity index (χ2v) is 8.49. The Morgan fingerprint density at radius 2 is 1.74 bits per heavy atom. The molecule has 1 atom stereocenters. The van der Waals surface area contributed by atoms with Crippen molar-refractivity contribution in [3.05, 3.63) is 29.8 Å². The summed E-state index contributed by atoms with van der Waals surface area (Å²) < 4.78 is 17.9. The van der Waals surface area contributed by atoms with Gasteiger partial charge >= 0.3 is 13.1 Å². The largest absolute Gasteiger partial charge is 0.466 e. The maximum absolute atomic E-state index is 12.4. The fraction of sp³-hybridized carbons (Fsp3) is 0.667. The van der Waals surface area contributed by atoms with Gasteiger partial charge in [0.25, 0.3) is 0 Å². The zero-order chi connectivity index (χ0) is 19.7. The third-order valence-corrected chi connectivity index (χ3v) is 6.07. The number of esters is 1. The number of ether oxygens (including phenoxy) is 1. The third kappa shape index (κ3) is 4.17. The van der Waals surface area contributed by atoms with Gasteiger partial charge in [-0.2, -0.15) is 0 Å². The van der Waals surface area contributed by atoms with Crippen LogP contribution in [0.5, 0.6) is 0 Å². The first-order chi connectivity index (χ1) is 12.7. The first kappa shape index (κ1) is 20.2. The quantitative estimate of drug-likeness (QED) is 0.558. The van der Waals surface area contributed by atoms with Gasteiger partial charge in [0, 0.05) is 24.6 Å². The van der Waals surface area contributed by atoms with Crippen LogP contribution in [0.15, 0.2) is 24.3 Å². The highest BCUT2D eigenvalue weighted by atomic mass is 16.7. The molecule has 0 spiro atoms. The highest BCUT2D eigenvalue weighted by Gasteiger charge is 2.54. The molecule has 2 fully saturated rings. The number of para-hydroxylation sites is 1. The lowest BCUT2D eigenvalue weighted by Crippen LogP contribution is -2.41. The highest BCUT2D eigenvalue weighted by molar-refractivity contribution is 6.48. The van der Waals surface area contributed by atoms with E-state index in [2.05, 4.69) is 23.1 Å². The van der Waals surface area contributed by atoms with Crippen molar-refractivity contribution >= 4 is 18.8 Å². The molecule has 2 heterocycles. The molecule has 27 heavy (non-hydrogen) atoms. The number of carbonyl (C=O) groups is 1. The minimum absolute atomic E-state index is 0.207. The maximum Gasteiger partial charge on any atom is 0.466 e. The van der Waals surface area contributed by atoms with Gasteiger partial charge in [-0.15, -0.1) is 0 Å². The second-order valence-electron chi connectivity index (χ2n) is 8.49. The van der Waals surface area contributed by atoms with E-state index in [-0.39, 0.29) is 18.2 Å². The van der Waals surface area contributed by atoms with Crippen LogP contribution in [0.3, 0.4) is 0 Å². The Labute approximate surface area is 163 Å². The van der Waals surface area contributed by atoms with Crippen LogP contribution < -0.4 is 4.90 Å². The van der Waals surface area contributed by atoms with Crippen molar-refractivity contribution in [1.29, 1.82) is 0 Å². The first-order valence-electron chi connectivity index (χ1n) is 10.1. The highest BCUT2D eigenvalue weighted by Crippen LogP contribution is 2.43. The van der Waals surface area contributed by atoms with E-state index in [9.17, 15) is 4.79 Å². The molecule has 1 aromatic carbocycles. The lowest BCUT2D eigenvalue weighted by molar-refractivity contribution is -0.143. The molecule has 0 aromatic heterocycles. The standard InChI is InChI=1S/C21H32BNO4/c1-6-25-19(24)15-17(22-26-20(2,3)21(4,5)27-22)16-11-7-8-12-18(16)23-13-9-10-14-23/h7-8,11-12,17H,6,9-10,13-15H2,1-5H3. The molecule has 2 aliphatic rings. The first-order valence-corrected chi connectivity index (χ1v) is 10.1. The molecule has 0 aliphatic carbocycles. The molecule has 3 rings (SSSR count). The minimum atomic E-state index is -0.483. The van der Waals surface area contributed by atoms with Gasteiger partial charge in [0.1, 0.15) is 0 Å². The summed E-state index contributed by atoms with van der Waals surface area (Å²) in [7, 11) is -0.483. The molecule has 2 saturated heterocycles. The normalized spacial score (nSPS) is 22.1. The van der Waals surface area contributed by atoms with Crippen molar-refractivity contribution in [3.8, 4) is 0 Å². The summed E-state index contributed by atoms with van der Waals surface area (Å²) in [5.74, 6) is -0.421. The Bertz CT molecular complexity index is 654. The number of nitrogens with zero attached hydrogens (tertiary/aromatic N) is 1. The van der Waals surface area contributed by atoms with Crippen LogP contribution in [0.4, 0.5) is 5.69 Å². The van der Waals surface area contributed by atoms with Crippen molar-refractivity contribution in [2.75, 3.05) is 24.6 Å². The summed E-state index contributed by atoms with van der Waals surface area (Å²) in [6, 6.07) is 8.33. The minimum Gasteiger partial charge on any atom is -0.466 e. The fourth-order valence-electron chi connectivity index (χ4n) is 3.85. The molecule has 0 amide bonds. The summed E-state index contributed by atoms with van der Waals surface area (Å²) in [6.07, 6.45) is 2.65. The third-order valence-electron chi connectivity index (χ3n) is 6.07. The predicted octanol–water partition coefficient (Wildman–Crippen LogP) is 3.96. The zero-order valence-electron chi connectivity index (χ0n) is 17.3. The molecule has 148 valence electrons. The summed E-state index contributed by atoms with van der Waals surface area (Å²) in [4.78, 5) is 14.8. The smallest absolute Gasteiger partial charge is 0.466 e. The van der Waals surface area contributed by atoms with Gasteiger partial charge in [-0.25, -0.2) is 0 Å². The van der Waals surface area contributed by atoms with E-state index in [4.69, 9.17) is 14.0 Å². The van der Waals surface area contributed by atoms with Crippen molar-refractivity contribution in [2.24, 2.45) is 0 Å². The van der Waals surface area contributed by atoms with Crippen LogP contribution in [0.2, 0.25) is 0 Å². The summed E-state index contributed by atoms with van der Waals surface area (Å²) >= 11 is 0. The van der Waals surface area contributed by atoms with Crippen LogP contribution in [0, 0.1) is 0 Å². The second kappa shape index (κ2) is 7.84. The molecule has 1 aromatic rings. The zero-order valence-corrected chi connectivity index (χ0v) is 17.3. The number of benzene rings is 1. The molecule has 0 radical (unpaired) electrons. The number of anilines is 1. The van der Waals surface area contributed by atoms with Gasteiger partial charge < -0.3 is 18.9 Å². The summed E-state index contributed by atoms with van der Waals surface area (Å²) in [5.41, 5.74) is 1.41. The molecule has 2 aliphatic heterocycles. The summed E-state index contributed by atoms with van der Waals surface area (Å²) in [5, 5.41) is 0. The van der Waals surface area contributed by atoms with Gasteiger partial charge in [0.15, 0.2) is 0 Å². The van der Waals surface area contributed by atoms with Crippen LogP contribution in [0.1, 0.15) is 65.3 Å². The molecule has 5 nitrogen and oxygen atoms in total.